The zero-order chi connectivity index (χ0) is 15.4. The minimum atomic E-state index is -0.331. The molecular formula is C20H22O2. The molecule has 0 amide bonds. The smallest absolute Gasteiger partial charge is 0.121 e. The number of benzene rings is 2. The van der Waals surface area contributed by atoms with Gasteiger partial charge in [0, 0.05) is 13.0 Å². The second kappa shape index (κ2) is 6.45. The molecule has 0 atom stereocenters. The minimum Gasteiger partial charge on any atom is -0.380 e. The lowest BCUT2D eigenvalue weighted by Crippen LogP contribution is -2.32. The van der Waals surface area contributed by atoms with Crippen LogP contribution < -0.4 is 0 Å². The van der Waals surface area contributed by atoms with E-state index in [-0.39, 0.29) is 5.41 Å². The number of hydrogen-bond donors (Lipinski definition) is 0. The van der Waals surface area contributed by atoms with Crippen molar-refractivity contribution >= 4 is 6.29 Å². The number of fused-ring (bicyclic) bond motifs is 3. The molecule has 0 bridgehead atoms. The summed E-state index contributed by atoms with van der Waals surface area (Å²) in [7, 11) is 0. The normalized spacial score (nSPS) is 14.4. The summed E-state index contributed by atoms with van der Waals surface area (Å²) < 4.78 is 5.97. The molecule has 0 unspecified atom stereocenters. The molecule has 0 fully saturated rings. The quantitative estimate of drug-likeness (QED) is 0.560. The van der Waals surface area contributed by atoms with Crippen LogP contribution in [0.2, 0.25) is 0 Å². The van der Waals surface area contributed by atoms with Gasteiger partial charge in [0.2, 0.25) is 0 Å². The Morgan fingerprint density at radius 2 is 1.59 bits per heavy atom. The summed E-state index contributed by atoms with van der Waals surface area (Å²) in [4.78, 5) is 11.4. The van der Waals surface area contributed by atoms with Gasteiger partial charge >= 0.3 is 0 Å². The molecule has 1 aliphatic carbocycles. The molecule has 22 heavy (non-hydrogen) atoms. The fraction of sp³-hybridized carbons (Fsp3) is 0.350. The zero-order valence-electron chi connectivity index (χ0n) is 13.0. The van der Waals surface area contributed by atoms with Crippen LogP contribution in [0, 0.1) is 0 Å². The number of hydrogen-bond acceptors (Lipinski definition) is 2. The van der Waals surface area contributed by atoms with Crippen LogP contribution in [0.3, 0.4) is 0 Å². The third-order valence-corrected chi connectivity index (χ3v) is 4.60. The molecule has 0 radical (unpaired) electrons. The van der Waals surface area contributed by atoms with Crippen LogP contribution in [0.4, 0.5) is 0 Å². The number of aldehydes is 1. The lowest BCUT2D eigenvalue weighted by Gasteiger charge is -2.30. The fourth-order valence-corrected chi connectivity index (χ4v) is 3.49. The van der Waals surface area contributed by atoms with Gasteiger partial charge in [0.15, 0.2) is 0 Å². The molecule has 0 aliphatic heterocycles. The summed E-state index contributed by atoms with van der Waals surface area (Å²) in [5.74, 6) is 0. The van der Waals surface area contributed by atoms with Crippen molar-refractivity contribution in [2.45, 2.75) is 31.6 Å². The van der Waals surface area contributed by atoms with Gasteiger partial charge in [0.25, 0.3) is 0 Å². The maximum atomic E-state index is 11.4. The van der Waals surface area contributed by atoms with Crippen LogP contribution in [0.5, 0.6) is 0 Å². The molecule has 2 nitrogen and oxygen atoms in total. The lowest BCUT2D eigenvalue weighted by atomic mass is 9.76. The molecule has 0 spiro atoms. The van der Waals surface area contributed by atoms with Crippen molar-refractivity contribution in [1.82, 2.24) is 0 Å². The Kier molecular flexibility index (Phi) is 4.39. The Morgan fingerprint density at radius 3 is 2.14 bits per heavy atom. The van der Waals surface area contributed by atoms with E-state index in [1.54, 1.807) is 0 Å². The standard InChI is InChI=1S/C20H22O2/c1-2-3-14-22-15-20(12-13-21)18-10-6-4-8-16(18)17-9-5-7-11-19(17)20/h4-11,13H,2-3,12,14-15H2,1H3. The first kappa shape index (κ1) is 15.0. The van der Waals surface area contributed by atoms with Crippen molar-refractivity contribution in [3.63, 3.8) is 0 Å². The van der Waals surface area contributed by atoms with Crippen LogP contribution in [0.25, 0.3) is 11.1 Å². The number of carbonyl (C=O) groups excluding carboxylic acids is 1. The highest BCUT2D eigenvalue weighted by Gasteiger charge is 2.42. The predicted octanol–water partition coefficient (Wildman–Crippen LogP) is 4.36. The van der Waals surface area contributed by atoms with Crippen molar-refractivity contribution < 1.29 is 9.53 Å². The van der Waals surface area contributed by atoms with E-state index in [1.807, 2.05) is 0 Å². The number of unbranched alkanes of at least 4 members (excludes halogenated alkanes) is 1. The Bertz CT molecular complexity index is 615. The largest absolute Gasteiger partial charge is 0.380 e. The van der Waals surface area contributed by atoms with Crippen molar-refractivity contribution in [3.05, 3.63) is 59.7 Å². The van der Waals surface area contributed by atoms with E-state index in [1.165, 1.54) is 22.3 Å². The molecule has 3 rings (SSSR count). The summed E-state index contributed by atoms with van der Waals surface area (Å²) in [6, 6.07) is 16.8. The van der Waals surface area contributed by atoms with Gasteiger partial charge in [-0.3, -0.25) is 0 Å². The van der Waals surface area contributed by atoms with Crippen LogP contribution in [0.15, 0.2) is 48.5 Å². The molecule has 1 aliphatic rings. The molecule has 2 aromatic carbocycles. The average Bonchev–Trinajstić information content (AvgIpc) is 2.84. The first-order chi connectivity index (χ1) is 10.8. The van der Waals surface area contributed by atoms with Crippen LogP contribution in [0.1, 0.15) is 37.3 Å². The van der Waals surface area contributed by atoms with Gasteiger partial charge in [-0.2, -0.15) is 0 Å². The molecule has 0 heterocycles. The molecule has 0 N–H and O–H groups in total. The SMILES string of the molecule is CCCCOCC1(CC=O)c2ccccc2-c2ccccc21. The first-order valence-electron chi connectivity index (χ1n) is 8.04. The fourth-order valence-electron chi connectivity index (χ4n) is 3.49. The molecule has 0 saturated heterocycles. The summed E-state index contributed by atoms with van der Waals surface area (Å²) in [6.07, 6.45) is 3.67. The minimum absolute atomic E-state index is 0.331. The second-order valence-electron chi connectivity index (χ2n) is 5.95. The molecule has 0 saturated carbocycles. The van der Waals surface area contributed by atoms with Gasteiger partial charge in [-0.25, -0.2) is 0 Å². The molecule has 2 heteroatoms. The maximum Gasteiger partial charge on any atom is 0.121 e. The summed E-state index contributed by atoms with van der Waals surface area (Å²) in [5.41, 5.74) is 4.58. The highest BCUT2D eigenvalue weighted by atomic mass is 16.5. The van der Waals surface area contributed by atoms with E-state index in [0.29, 0.717) is 13.0 Å². The predicted molar refractivity (Wildman–Crippen MR) is 89.1 cm³/mol. The van der Waals surface area contributed by atoms with Gasteiger partial charge in [-0.1, -0.05) is 61.9 Å². The van der Waals surface area contributed by atoms with E-state index >= 15 is 0 Å². The van der Waals surface area contributed by atoms with Gasteiger partial charge in [0.05, 0.1) is 12.0 Å². The van der Waals surface area contributed by atoms with E-state index in [0.717, 1.165) is 25.7 Å². The zero-order valence-corrected chi connectivity index (χ0v) is 13.0. The Morgan fingerprint density at radius 1 is 1.00 bits per heavy atom. The van der Waals surface area contributed by atoms with Gasteiger partial charge in [0.1, 0.15) is 6.29 Å². The molecule has 0 aromatic heterocycles. The van der Waals surface area contributed by atoms with E-state index < -0.39 is 0 Å². The van der Waals surface area contributed by atoms with Crippen molar-refractivity contribution in [3.8, 4) is 11.1 Å². The van der Waals surface area contributed by atoms with E-state index in [4.69, 9.17) is 4.74 Å². The first-order valence-corrected chi connectivity index (χ1v) is 8.04. The van der Waals surface area contributed by atoms with Crippen molar-refractivity contribution in [2.24, 2.45) is 0 Å². The molecular weight excluding hydrogens is 272 g/mol. The highest BCUT2D eigenvalue weighted by molar-refractivity contribution is 5.82. The van der Waals surface area contributed by atoms with E-state index in [2.05, 4.69) is 55.5 Å². The van der Waals surface area contributed by atoms with Gasteiger partial charge in [-0.15, -0.1) is 0 Å². The number of ether oxygens (including phenoxy) is 1. The lowest BCUT2D eigenvalue weighted by molar-refractivity contribution is -0.109. The third kappa shape index (κ3) is 2.38. The average molecular weight is 294 g/mol. The Hall–Kier alpha value is -1.93. The Labute approximate surface area is 132 Å². The molecule has 114 valence electrons. The van der Waals surface area contributed by atoms with Crippen LogP contribution >= 0.6 is 0 Å². The van der Waals surface area contributed by atoms with Gasteiger partial charge in [-0.05, 0) is 28.7 Å². The van der Waals surface area contributed by atoms with Crippen LogP contribution in [-0.4, -0.2) is 19.5 Å². The summed E-state index contributed by atoms with van der Waals surface area (Å²) in [6.45, 7) is 3.48. The summed E-state index contributed by atoms with van der Waals surface area (Å²) >= 11 is 0. The van der Waals surface area contributed by atoms with Crippen molar-refractivity contribution in [1.29, 1.82) is 0 Å². The highest BCUT2D eigenvalue weighted by Crippen LogP contribution is 2.50. The summed E-state index contributed by atoms with van der Waals surface area (Å²) in [5, 5.41) is 0. The van der Waals surface area contributed by atoms with Crippen LogP contribution in [-0.2, 0) is 14.9 Å². The van der Waals surface area contributed by atoms with Crippen molar-refractivity contribution in [2.75, 3.05) is 13.2 Å². The van der Waals surface area contributed by atoms with Gasteiger partial charge < -0.3 is 9.53 Å². The monoisotopic (exact) mass is 294 g/mol. The Balaban J connectivity index is 2.05. The second-order valence-corrected chi connectivity index (χ2v) is 5.95. The molecule has 2 aromatic rings. The number of rotatable bonds is 7. The topological polar surface area (TPSA) is 26.3 Å². The third-order valence-electron chi connectivity index (χ3n) is 4.60. The van der Waals surface area contributed by atoms with E-state index in [9.17, 15) is 4.79 Å². The number of carbonyl (C=O) groups is 1. The maximum absolute atomic E-state index is 11.4.